The summed E-state index contributed by atoms with van der Waals surface area (Å²) in [5.41, 5.74) is 1.68. The van der Waals surface area contributed by atoms with Gasteiger partial charge in [0.1, 0.15) is 5.75 Å². The molecule has 1 aliphatic rings. The number of urea groups is 1. The van der Waals surface area contributed by atoms with Crippen LogP contribution in [-0.4, -0.2) is 25.7 Å². The standard InChI is InChI=1S/C19H25BrN2O4/c1-5-12(6-2)10-26-18(23)16-11(3)21-19(24)22-17(16)13-7-8-15(25-4)14(20)9-13/h7-9,12,17H,5-6,10H2,1-4H3,(H2,21,22,24)/t17-/m1/s1. The van der Waals surface area contributed by atoms with Crippen molar-refractivity contribution in [3.8, 4) is 5.75 Å². The second kappa shape index (κ2) is 9.07. The Bertz CT molecular complexity index is 713. The normalized spacial score (nSPS) is 17.0. The Morgan fingerprint density at radius 1 is 1.31 bits per heavy atom. The molecule has 2 amide bonds. The number of benzene rings is 1. The van der Waals surface area contributed by atoms with E-state index in [1.165, 1.54) is 0 Å². The molecule has 1 heterocycles. The van der Waals surface area contributed by atoms with Crippen molar-refractivity contribution in [2.75, 3.05) is 13.7 Å². The molecule has 0 unspecified atom stereocenters. The van der Waals surface area contributed by atoms with Crippen LogP contribution in [0.1, 0.15) is 45.2 Å². The van der Waals surface area contributed by atoms with E-state index in [2.05, 4.69) is 40.4 Å². The zero-order valence-corrected chi connectivity index (χ0v) is 17.1. The first kappa shape index (κ1) is 20.3. The van der Waals surface area contributed by atoms with Gasteiger partial charge in [0.25, 0.3) is 0 Å². The topological polar surface area (TPSA) is 76.7 Å². The maximum absolute atomic E-state index is 12.7. The summed E-state index contributed by atoms with van der Waals surface area (Å²) in [5, 5.41) is 5.46. The Labute approximate surface area is 162 Å². The van der Waals surface area contributed by atoms with Crippen molar-refractivity contribution in [1.29, 1.82) is 0 Å². The van der Waals surface area contributed by atoms with Gasteiger partial charge in [0.05, 0.1) is 29.8 Å². The lowest BCUT2D eigenvalue weighted by Gasteiger charge is -2.28. The molecule has 2 rings (SSSR count). The van der Waals surface area contributed by atoms with Crippen LogP contribution in [-0.2, 0) is 9.53 Å². The minimum atomic E-state index is -0.583. The third-order valence-electron chi connectivity index (χ3n) is 4.60. The van der Waals surface area contributed by atoms with Crippen molar-refractivity contribution in [3.05, 3.63) is 39.5 Å². The molecule has 0 spiro atoms. The van der Waals surface area contributed by atoms with E-state index in [1.54, 1.807) is 20.1 Å². The second-order valence-electron chi connectivity index (χ2n) is 6.25. The number of hydrogen-bond acceptors (Lipinski definition) is 4. The number of allylic oxidation sites excluding steroid dienone is 1. The van der Waals surface area contributed by atoms with Crippen LogP contribution in [0.2, 0.25) is 0 Å². The predicted molar refractivity (Wildman–Crippen MR) is 103 cm³/mol. The van der Waals surface area contributed by atoms with E-state index in [4.69, 9.17) is 9.47 Å². The van der Waals surface area contributed by atoms with Gasteiger partial charge in [0.15, 0.2) is 0 Å². The second-order valence-corrected chi connectivity index (χ2v) is 7.10. The number of carbonyl (C=O) groups excluding carboxylic acids is 2. The Morgan fingerprint density at radius 2 is 2.00 bits per heavy atom. The Balaban J connectivity index is 2.30. The number of esters is 1. The lowest BCUT2D eigenvalue weighted by atomic mass is 9.95. The molecule has 1 aliphatic heterocycles. The Kier molecular flexibility index (Phi) is 7.08. The molecular weight excluding hydrogens is 400 g/mol. The van der Waals surface area contributed by atoms with Crippen LogP contribution in [0.25, 0.3) is 0 Å². The molecule has 2 N–H and O–H groups in total. The average molecular weight is 425 g/mol. The molecule has 142 valence electrons. The van der Waals surface area contributed by atoms with Crippen LogP contribution in [0.3, 0.4) is 0 Å². The molecule has 26 heavy (non-hydrogen) atoms. The van der Waals surface area contributed by atoms with E-state index in [-0.39, 0.29) is 6.03 Å². The summed E-state index contributed by atoms with van der Waals surface area (Å²) in [6, 6.07) is 4.50. The monoisotopic (exact) mass is 424 g/mol. The maximum Gasteiger partial charge on any atom is 0.338 e. The lowest BCUT2D eigenvalue weighted by Crippen LogP contribution is -2.45. The Morgan fingerprint density at radius 3 is 2.58 bits per heavy atom. The highest BCUT2D eigenvalue weighted by molar-refractivity contribution is 9.10. The van der Waals surface area contributed by atoms with Crippen LogP contribution < -0.4 is 15.4 Å². The lowest BCUT2D eigenvalue weighted by molar-refractivity contribution is -0.141. The van der Waals surface area contributed by atoms with E-state index in [0.717, 1.165) is 22.9 Å². The van der Waals surface area contributed by atoms with E-state index < -0.39 is 12.0 Å². The summed E-state index contributed by atoms with van der Waals surface area (Å²) in [6.45, 7) is 6.23. The third-order valence-corrected chi connectivity index (χ3v) is 5.22. The third kappa shape index (κ3) is 4.58. The van der Waals surface area contributed by atoms with Gasteiger partial charge in [0.2, 0.25) is 0 Å². The van der Waals surface area contributed by atoms with Gasteiger partial charge >= 0.3 is 12.0 Å². The zero-order valence-electron chi connectivity index (χ0n) is 15.5. The predicted octanol–water partition coefficient (Wildman–Crippen LogP) is 4.07. The first-order valence-corrected chi connectivity index (χ1v) is 9.49. The summed E-state index contributed by atoms with van der Waals surface area (Å²) in [4.78, 5) is 24.7. The number of nitrogens with one attached hydrogen (secondary N) is 2. The van der Waals surface area contributed by atoms with E-state index in [1.807, 2.05) is 12.1 Å². The molecule has 0 aromatic heterocycles. The fraction of sp³-hybridized carbons (Fsp3) is 0.474. The smallest absolute Gasteiger partial charge is 0.338 e. The van der Waals surface area contributed by atoms with Crippen LogP contribution in [0.4, 0.5) is 4.79 Å². The fourth-order valence-corrected chi connectivity index (χ4v) is 3.43. The minimum absolute atomic E-state index is 0.333. The molecule has 1 atom stereocenters. The first-order valence-electron chi connectivity index (χ1n) is 8.70. The first-order chi connectivity index (χ1) is 12.4. The van der Waals surface area contributed by atoms with Crippen molar-refractivity contribution < 1.29 is 19.1 Å². The number of ether oxygens (including phenoxy) is 2. The van der Waals surface area contributed by atoms with Crippen molar-refractivity contribution in [3.63, 3.8) is 0 Å². The van der Waals surface area contributed by atoms with Crippen LogP contribution in [0, 0.1) is 5.92 Å². The number of methoxy groups -OCH3 is 1. The van der Waals surface area contributed by atoms with Gasteiger partial charge in [-0.05, 0) is 46.5 Å². The fourth-order valence-electron chi connectivity index (χ4n) is 2.87. The van der Waals surface area contributed by atoms with Gasteiger partial charge in [-0.25, -0.2) is 9.59 Å². The molecule has 0 saturated carbocycles. The quantitative estimate of drug-likeness (QED) is 0.646. The highest BCUT2D eigenvalue weighted by Crippen LogP contribution is 2.33. The van der Waals surface area contributed by atoms with Gasteiger partial charge in [0, 0.05) is 5.70 Å². The summed E-state index contributed by atoms with van der Waals surface area (Å²) in [6.07, 6.45) is 1.90. The summed E-state index contributed by atoms with van der Waals surface area (Å²) < 4.78 is 11.5. The molecular formula is C19H25BrN2O4. The molecule has 1 aromatic carbocycles. The van der Waals surface area contributed by atoms with Crippen molar-refractivity contribution in [2.45, 2.75) is 39.7 Å². The van der Waals surface area contributed by atoms with Crippen LogP contribution >= 0.6 is 15.9 Å². The van der Waals surface area contributed by atoms with Crippen LogP contribution in [0.5, 0.6) is 5.75 Å². The number of rotatable bonds is 7. The molecule has 0 radical (unpaired) electrons. The maximum atomic E-state index is 12.7. The van der Waals surface area contributed by atoms with Gasteiger partial charge in [-0.3, -0.25) is 0 Å². The Hall–Kier alpha value is -2.02. The number of carbonyl (C=O) groups is 2. The van der Waals surface area contributed by atoms with E-state index in [9.17, 15) is 9.59 Å². The van der Waals surface area contributed by atoms with Crippen molar-refractivity contribution in [2.24, 2.45) is 5.92 Å². The van der Waals surface area contributed by atoms with Gasteiger partial charge in [-0.1, -0.05) is 32.8 Å². The summed E-state index contributed by atoms with van der Waals surface area (Å²) in [7, 11) is 1.58. The highest BCUT2D eigenvalue weighted by Gasteiger charge is 2.32. The molecule has 0 aliphatic carbocycles. The van der Waals surface area contributed by atoms with E-state index >= 15 is 0 Å². The minimum Gasteiger partial charge on any atom is -0.496 e. The van der Waals surface area contributed by atoms with Crippen molar-refractivity contribution in [1.82, 2.24) is 10.6 Å². The molecule has 0 fully saturated rings. The van der Waals surface area contributed by atoms with Gasteiger partial charge in [-0.2, -0.15) is 0 Å². The zero-order chi connectivity index (χ0) is 19.3. The number of amides is 2. The molecule has 1 aromatic rings. The summed E-state index contributed by atoms with van der Waals surface area (Å²) >= 11 is 3.44. The highest BCUT2D eigenvalue weighted by atomic mass is 79.9. The van der Waals surface area contributed by atoms with Gasteiger partial charge < -0.3 is 20.1 Å². The number of hydrogen-bond donors (Lipinski definition) is 2. The molecule has 6 nitrogen and oxygen atoms in total. The number of halogens is 1. The molecule has 0 saturated heterocycles. The SMILES string of the molecule is CCC(CC)COC(=O)C1=C(C)NC(=O)N[C@@H]1c1ccc(OC)c(Br)c1. The molecule has 0 bridgehead atoms. The molecule has 7 heteroatoms. The van der Waals surface area contributed by atoms with Crippen LogP contribution in [0.15, 0.2) is 33.9 Å². The largest absolute Gasteiger partial charge is 0.496 e. The van der Waals surface area contributed by atoms with E-state index in [0.29, 0.717) is 29.5 Å². The van der Waals surface area contributed by atoms with Gasteiger partial charge in [-0.15, -0.1) is 0 Å². The van der Waals surface area contributed by atoms with Crippen molar-refractivity contribution >= 4 is 27.9 Å². The average Bonchev–Trinajstić information content (AvgIpc) is 2.61. The summed E-state index contributed by atoms with van der Waals surface area (Å²) in [5.74, 6) is 0.589.